The van der Waals surface area contributed by atoms with E-state index in [2.05, 4.69) is 10.6 Å². The summed E-state index contributed by atoms with van der Waals surface area (Å²) in [6, 6.07) is 3.59. The molecule has 8 heteroatoms. The van der Waals surface area contributed by atoms with E-state index in [-0.39, 0.29) is 17.0 Å². The molecular weight excluding hydrogens is 396 g/mol. The average molecular weight is 419 g/mol. The monoisotopic (exact) mass is 418 g/mol. The molecule has 0 aromatic carbocycles. The molecule has 0 radical (unpaired) electrons. The second-order valence-corrected chi connectivity index (χ2v) is 7.87. The van der Waals surface area contributed by atoms with Crippen LogP contribution in [0.4, 0.5) is 5.00 Å². The van der Waals surface area contributed by atoms with Crippen LogP contribution in [0.2, 0.25) is 0 Å². The number of thiocarbonyl (C=S) groups is 1. The molecule has 0 bridgehead atoms. The van der Waals surface area contributed by atoms with Crippen molar-refractivity contribution < 1.29 is 18.7 Å². The molecule has 0 aliphatic heterocycles. The number of hydrogen-bond acceptors (Lipinski definition) is 6. The summed E-state index contributed by atoms with van der Waals surface area (Å²) >= 11 is 6.75. The third-order valence-electron chi connectivity index (χ3n) is 4.27. The molecule has 1 aliphatic rings. The number of hydrogen-bond donors (Lipinski definition) is 2. The van der Waals surface area contributed by atoms with Gasteiger partial charge in [0.25, 0.3) is 0 Å². The molecule has 2 N–H and O–H groups in total. The number of carbonyl (C=O) groups excluding carboxylic acids is 2. The number of nitrogens with one attached hydrogen (secondary N) is 2. The summed E-state index contributed by atoms with van der Waals surface area (Å²) < 4.78 is 10.6. The first kappa shape index (κ1) is 20.3. The highest BCUT2D eigenvalue weighted by molar-refractivity contribution is 7.80. The molecule has 0 fully saturated rings. The van der Waals surface area contributed by atoms with Crippen LogP contribution < -0.4 is 10.6 Å². The Balaban J connectivity index is 1.69. The van der Waals surface area contributed by atoms with E-state index < -0.39 is 0 Å². The fourth-order valence-electron chi connectivity index (χ4n) is 3.06. The fraction of sp³-hybridized carbons (Fsp3) is 0.350. The second kappa shape index (κ2) is 9.16. The maximum absolute atomic E-state index is 12.5. The van der Waals surface area contributed by atoms with E-state index in [0.717, 1.165) is 37.0 Å². The molecule has 1 amide bonds. The Morgan fingerprint density at radius 3 is 2.82 bits per heavy atom. The molecule has 1 aliphatic carbocycles. The summed E-state index contributed by atoms with van der Waals surface area (Å²) in [5.74, 6) is 0.615. The van der Waals surface area contributed by atoms with Gasteiger partial charge in [0.2, 0.25) is 5.91 Å². The third kappa shape index (κ3) is 4.88. The van der Waals surface area contributed by atoms with Gasteiger partial charge < -0.3 is 14.5 Å². The minimum absolute atomic E-state index is 0.134. The summed E-state index contributed by atoms with van der Waals surface area (Å²) in [5.41, 5.74) is 1.58. The van der Waals surface area contributed by atoms with Gasteiger partial charge in [0.15, 0.2) is 5.11 Å². The number of carbonyl (C=O) groups is 2. The van der Waals surface area contributed by atoms with Crippen molar-refractivity contribution in [1.82, 2.24) is 5.32 Å². The minimum atomic E-state index is -0.384. The Hall–Kier alpha value is -2.45. The van der Waals surface area contributed by atoms with E-state index in [4.69, 9.17) is 21.4 Å². The quantitative estimate of drug-likeness (QED) is 0.430. The summed E-state index contributed by atoms with van der Waals surface area (Å²) in [5, 5.41) is 6.35. The van der Waals surface area contributed by atoms with Crippen LogP contribution in [0.15, 0.2) is 22.6 Å². The van der Waals surface area contributed by atoms with Crippen LogP contribution in [0.5, 0.6) is 0 Å². The number of ether oxygens (including phenoxy) is 1. The largest absolute Gasteiger partial charge is 0.462 e. The molecule has 2 heterocycles. The molecule has 0 saturated heterocycles. The summed E-state index contributed by atoms with van der Waals surface area (Å²) in [7, 11) is 0. The van der Waals surface area contributed by atoms with Gasteiger partial charge >= 0.3 is 5.97 Å². The molecule has 148 valence electrons. The number of anilines is 1. The van der Waals surface area contributed by atoms with Crippen LogP contribution in [-0.4, -0.2) is 23.6 Å². The molecule has 3 rings (SSSR count). The first-order valence-electron chi connectivity index (χ1n) is 9.16. The zero-order valence-corrected chi connectivity index (χ0v) is 17.4. The van der Waals surface area contributed by atoms with Crippen LogP contribution in [0.3, 0.4) is 0 Å². The smallest absolute Gasteiger partial charge is 0.341 e. The van der Waals surface area contributed by atoms with E-state index in [1.807, 2.05) is 13.0 Å². The lowest BCUT2D eigenvalue weighted by Gasteiger charge is -2.12. The highest BCUT2D eigenvalue weighted by Crippen LogP contribution is 2.38. The standard InChI is InChI=1S/C20H22N2O4S2/c1-3-25-19(24)17-14-6-4-5-7-15(14)28-18(17)22-20(27)21-16(23)11-10-13-9-8-12(2)26-13/h8-11H,3-7H2,1-2H3,(H2,21,22,23,27). The number of fused-ring (bicyclic) bond motifs is 1. The number of furan rings is 1. The highest BCUT2D eigenvalue weighted by Gasteiger charge is 2.26. The van der Waals surface area contributed by atoms with Crippen LogP contribution in [0.25, 0.3) is 6.08 Å². The van der Waals surface area contributed by atoms with Crippen molar-refractivity contribution in [3.8, 4) is 0 Å². The van der Waals surface area contributed by atoms with Crippen molar-refractivity contribution in [3.63, 3.8) is 0 Å². The van der Waals surface area contributed by atoms with Crippen molar-refractivity contribution in [2.24, 2.45) is 0 Å². The van der Waals surface area contributed by atoms with Crippen molar-refractivity contribution in [2.75, 3.05) is 11.9 Å². The second-order valence-electron chi connectivity index (χ2n) is 6.36. The number of thiophene rings is 1. The molecule has 6 nitrogen and oxygen atoms in total. The van der Waals surface area contributed by atoms with Gasteiger partial charge in [-0.25, -0.2) is 4.79 Å². The van der Waals surface area contributed by atoms with Gasteiger partial charge in [-0.3, -0.25) is 10.1 Å². The lowest BCUT2D eigenvalue weighted by atomic mass is 9.95. The molecule has 2 aromatic rings. The number of aryl methyl sites for hydroxylation is 2. The van der Waals surface area contributed by atoms with Crippen LogP contribution >= 0.6 is 23.6 Å². The van der Waals surface area contributed by atoms with Gasteiger partial charge in [0.1, 0.15) is 16.5 Å². The zero-order chi connectivity index (χ0) is 20.1. The van der Waals surface area contributed by atoms with E-state index in [9.17, 15) is 9.59 Å². The maximum atomic E-state index is 12.5. The molecule has 2 aromatic heterocycles. The number of rotatable bonds is 5. The van der Waals surface area contributed by atoms with Crippen molar-refractivity contribution in [1.29, 1.82) is 0 Å². The first-order chi connectivity index (χ1) is 13.5. The zero-order valence-electron chi connectivity index (χ0n) is 15.8. The Morgan fingerprint density at radius 1 is 1.32 bits per heavy atom. The van der Waals surface area contributed by atoms with Gasteiger partial charge in [-0.05, 0) is 75.5 Å². The Bertz CT molecular complexity index is 927. The van der Waals surface area contributed by atoms with E-state index in [1.165, 1.54) is 22.3 Å². The SMILES string of the molecule is CCOC(=O)c1c(NC(=S)NC(=O)C=Cc2ccc(C)o2)sc2c1CCCC2. The van der Waals surface area contributed by atoms with Crippen molar-refractivity contribution in [2.45, 2.75) is 39.5 Å². The Kier molecular flexibility index (Phi) is 6.64. The molecule has 0 saturated carbocycles. The highest BCUT2D eigenvalue weighted by atomic mass is 32.1. The van der Waals surface area contributed by atoms with Gasteiger partial charge in [-0.2, -0.15) is 0 Å². The number of amides is 1. The third-order valence-corrected chi connectivity index (χ3v) is 5.69. The lowest BCUT2D eigenvalue weighted by Crippen LogP contribution is -2.33. The van der Waals surface area contributed by atoms with Crippen LogP contribution in [0.1, 0.15) is 52.1 Å². The van der Waals surface area contributed by atoms with Crippen molar-refractivity contribution >= 4 is 51.6 Å². The van der Waals surface area contributed by atoms with E-state index >= 15 is 0 Å². The first-order valence-corrected chi connectivity index (χ1v) is 10.4. The van der Waals surface area contributed by atoms with Gasteiger partial charge in [-0.15, -0.1) is 11.3 Å². The van der Waals surface area contributed by atoms with Crippen molar-refractivity contribution in [3.05, 3.63) is 45.7 Å². The Morgan fingerprint density at radius 2 is 2.11 bits per heavy atom. The fourth-order valence-corrected chi connectivity index (χ4v) is 4.61. The van der Waals surface area contributed by atoms with Crippen LogP contribution in [-0.2, 0) is 22.4 Å². The summed E-state index contributed by atoms with van der Waals surface area (Å²) in [6.45, 7) is 3.92. The molecular formula is C20H22N2O4S2. The average Bonchev–Trinajstić information content (AvgIpc) is 3.22. The van der Waals surface area contributed by atoms with Crippen LogP contribution in [0, 0.1) is 6.92 Å². The van der Waals surface area contributed by atoms with E-state index in [0.29, 0.717) is 22.9 Å². The van der Waals surface area contributed by atoms with E-state index in [1.54, 1.807) is 19.1 Å². The lowest BCUT2D eigenvalue weighted by molar-refractivity contribution is -0.115. The predicted octanol–water partition coefficient (Wildman–Crippen LogP) is 4.23. The summed E-state index contributed by atoms with van der Waals surface area (Å²) in [6.07, 6.45) is 6.86. The topological polar surface area (TPSA) is 80.6 Å². The summed E-state index contributed by atoms with van der Waals surface area (Å²) in [4.78, 5) is 25.7. The van der Waals surface area contributed by atoms with Gasteiger partial charge in [0, 0.05) is 11.0 Å². The molecule has 0 spiro atoms. The molecule has 0 atom stereocenters. The maximum Gasteiger partial charge on any atom is 0.341 e. The Labute approximate surface area is 173 Å². The van der Waals surface area contributed by atoms with Gasteiger partial charge in [0.05, 0.1) is 12.2 Å². The predicted molar refractivity (Wildman–Crippen MR) is 114 cm³/mol. The normalized spacial score (nSPS) is 13.2. The van der Waals surface area contributed by atoms with Gasteiger partial charge in [-0.1, -0.05) is 0 Å². The minimum Gasteiger partial charge on any atom is -0.462 e. The molecule has 28 heavy (non-hydrogen) atoms. The number of esters is 1. The molecule has 0 unspecified atom stereocenters.